The first kappa shape index (κ1) is 15.9. The van der Waals surface area contributed by atoms with E-state index >= 15 is 0 Å². The Balaban J connectivity index is 5.66. The number of carboxylic acid groups (broad SMARTS) is 2. The zero-order valence-corrected chi connectivity index (χ0v) is 11.2. The number of carbonyl (C=O) groups is 2. The van der Waals surface area contributed by atoms with Crippen LogP contribution in [0, 0.1) is 10.8 Å². The predicted molar refractivity (Wildman–Crippen MR) is 65.9 cm³/mol. The fraction of sp³-hybridized carbons (Fsp3) is 0.846. The molecule has 0 aromatic heterocycles. The second-order valence-corrected chi connectivity index (χ2v) is 4.65. The summed E-state index contributed by atoms with van der Waals surface area (Å²) in [6.45, 7) is 7.43. The first-order valence-electron chi connectivity index (χ1n) is 6.31. The van der Waals surface area contributed by atoms with Gasteiger partial charge in [-0.1, -0.05) is 27.7 Å². The Morgan fingerprint density at radius 2 is 1.29 bits per heavy atom. The first-order chi connectivity index (χ1) is 7.85. The lowest BCUT2D eigenvalue weighted by Crippen LogP contribution is -2.48. The molecule has 0 bridgehead atoms. The van der Waals surface area contributed by atoms with Crippen LogP contribution in [0.25, 0.3) is 0 Å². The molecule has 0 atom stereocenters. The lowest BCUT2D eigenvalue weighted by Gasteiger charge is -2.46. The van der Waals surface area contributed by atoms with Crippen LogP contribution in [0.4, 0.5) is 0 Å². The quantitative estimate of drug-likeness (QED) is 0.687. The fourth-order valence-electron chi connectivity index (χ4n) is 3.16. The minimum absolute atomic E-state index is 0.0754. The Labute approximate surface area is 103 Å². The van der Waals surface area contributed by atoms with Gasteiger partial charge in [-0.25, -0.2) is 0 Å². The lowest BCUT2D eigenvalue weighted by molar-refractivity contribution is -0.164. The van der Waals surface area contributed by atoms with Gasteiger partial charge in [0.1, 0.15) is 0 Å². The summed E-state index contributed by atoms with van der Waals surface area (Å²) in [5.74, 6) is -1.78. The zero-order chi connectivity index (χ0) is 13.7. The van der Waals surface area contributed by atoms with Crippen molar-refractivity contribution in [3.8, 4) is 0 Å². The van der Waals surface area contributed by atoms with Gasteiger partial charge in [0.15, 0.2) is 0 Å². The summed E-state index contributed by atoms with van der Waals surface area (Å²) in [5.41, 5.74) is -1.59. The number of rotatable bonds is 8. The number of hydrogen-bond acceptors (Lipinski definition) is 2. The van der Waals surface area contributed by atoms with Gasteiger partial charge < -0.3 is 10.2 Å². The van der Waals surface area contributed by atoms with Crippen molar-refractivity contribution >= 4 is 11.9 Å². The molecule has 0 aliphatic heterocycles. The van der Waals surface area contributed by atoms with E-state index < -0.39 is 22.8 Å². The molecule has 0 aromatic carbocycles. The molecule has 0 aliphatic rings. The number of hydrogen-bond donors (Lipinski definition) is 2. The summed E-state index contributed by atoms with van der Waals surface area (Å²) < 4.78 is 0. The first-order valence-corrected chi connectivity index (χ1v) is 6.31. The molecule has 4 heteroatoms. The summed E-state index contributed by atoms with van der Waals surface area (Å²) in [7, 11) is 0. The third-order valence-corrected chi connectivity index (χ3v) is 4.47. The third-order valence-electron chi connectivity index (χ3n) is 4.47. The van der Waals surface area contributed by atoms with Crippen LogP contribution in [-0.4, -0.2) is 22.2 Å². The molecule has 0 saturated carbocycles. The second-order valence-electron chi connectivity index (χ2n) is 4.65. The van der Waals surface area contributed by atoms with Crippen LogP contribution in [0.1, 0.15) is 59.8 Å². The van der Waals surface area contributed by atoms with Crippen LogP contribution in [0.15, 0.2) is 0 Å². The highest BCUT2D eigenvalue weighted by Gasteiger charge is 2.53. The van der Waals surface area contributed by atoms with E-state index in [1.54, 1.807) is 0 Å². The minimum Gasteiger partial charge on any atom is -0.481 e. The molecule has 0 heterocycles. The Morgan fingerprint density at radius 1 is 0.882 bits per heavy atom. The maximum Gasteiger partial charge on any atom is 0.310 e. The van der Waals surface area contributed by atoms with Crippen LogP contribution in [-0.2, 0) is 9.59 Å². The predicted octanol–water partition coefficient (Wildman–Crippen LogP) is 3.16. The Bertz CT molecular complexity index is 275. The van der Waals surface area contributed by atoms with Crippen molar-refractivity contribution in [1.82, 2.24) is 0 Å². The third kappa shape index (κ3) is 2.61. The molecule has 4 nitrogen and oxygen atoms in total. The van der Waals surface area contributed by atoms with Crippen LogP contribution in [0.5, 0.6) is 0 Å². The van der Waals surface area contributed by atoms with Crippen molar-refractivity contribution in [2.75, 3.05) is 0 Å². The molecule has 0 aromatic rings. The van der Waals surface area contributed by atoms with Gasteiger partial charge in [0.25, 0.3) is 0 Å². The van der Waals surface area contributed by atoms with Crippen molar-refractivity contribution in [3.63, 3.8) is 0 Å². The molecule has 0 rings (SSSR count). The fourth-order valence-corrected chi connectivity index (χ4v) is 3.16. The SMILES string of the molecule is CCC(CC)(CC(=O)O)C(CC)(CC)C(=O)O. The summed E-state index contributed by atoms with van der Waals surface area (Å²) in [4.78, 5) is 22.7. The van der Waals surface area contributed by atoms with E-state index in [0.29, 0.717) is 25.7 Å². The maximum atomic E-state index is 11.6. The van der Waals surface area contributed by atoms with E-state index in [1.807, 2.05) is 27.7 Å². The molecule has 0 saturated heterocycles. The molecule has 0 radical (unpaired) electrons. The topological polar surface area (TPSA) is 74.6 Å². The standard InChI is InChI=1S/C13H24O4/c1-5-12(6-2,9-10(14)15)13(7-3,8-4)11(16)17/h5-9H2,1-4H3,(H,14,15)(H,16,17). The minimum atomic E-state index is -0.936. The second kappa shape index (κ2) is 6.03. The van der Waals surface area contributed by atoms with Gasteiger partial charge in [-0.15, -0.1) is 0 Å². The van der Waals surface area contributed by atoms with Gasteiger partial charge >= 0.3 is 11.9 Å². The molecule has 0 spiro atoms. The van der Waals surface area contributed by atoms with Crippen molar-refractivity contribution in [2.24, 2.45) is 10.8 Å². The molecule has 2 N–H and O–H groups in total. The zero-order valence-electron chi connectivity index (χ0n) is 11.2. The highest BCUT2D eigenvalue weighted by atomic mass is 16.4. The summed E-state index contributed by atoms with van der Waals surface area (Å²) in [5, 5.41) is 18.6. The molecule has 0 amide bonds. The van der Waals surface area contributed by atoms with Crippen molar-refractivity contribution in [1.29, 1.82) is 0 Å². The van der Waals surface area contributed by atoms with Crippen LogP contribution < -0.4 is 0 Å². The molecule has 0 aliphatic carbocycles. The van der Waals surface area contributed by atoms with Crippen LogP contribution >= 0.6 is 0 Å². The van der Waals surface area contributed by atoms with E-state index in [1.165, 1.54) is 0 Å². The van der Waals surface area contributed by atoms with E-state index in [0.717, 1.165) is 0 Å². The molecule has 100 valence electrons. The molecular formula is C13H24O4. The number of carboxylic acids is 2. The van der Waals surface area contributed by atoms with Crippen LogP contribution in [0.3, 0.4) is 0 Å². The normalized spacial score (nSPS) is 12.5. The van der Waals surface area contributed by atoms with Gasteiger partial charge in [-0.3, -0.25) is 9.59 Å². The molecular weight excluding hydrogens is 220 g/mol. The average molecular weight is 244 g/mol. The molecule has 0 unspecified atom stereocenters. The Morgan fingerprint density at radius 3 is 1.47 bits per heavy atom. The molecule has 0 fully saturated rings. The highest BCUT2D eigenvalue weighted by Crippen LogP contribution is 2.52. The summed E-state index contributed by atoms with van der Waals surface area (Å²) >= 11 is 0. The van der Waals surface area contributed by atoms with Crippen LogP contribution in [0.2, 0.25) is 0 Å². The van der Waals surface area contributed by atoms with E-state index in [4.69, 9.17) is 5.11 Å². The van der Waals surface area contributed by atoms with Crippen molar-refractivity contribution < 1.29 is 19.8 Å². The van der Waals surface area contributed by atoms with Gasteiger partial charge in [0.05, 0.1) is 11.8 Å². The molecule has 17 heavy (non-hydrogen) atoms. The smallest absolute Gasteiger partial charge is 0.310 e. The maximum absolute atomic E-state index is 11.6. The lowest BCUT2D eigenvalue weighted by atomic mass is 9.56. The highest BCUT2D eigenvalue weighted by molar-refractivity contribution is 5.78. The van der Waals surface area contributed by atoms with Crippen molar-refractivity contribution in [2.45, 2.75) is 59.8 Å². The summed E-state index contributed by atoms with van der Waals surface area (Å²) in [6, 6.07) is 0. The number of aliphatic carboxylic acids is 2. The van der Waals surface area contributed by atoms with E-state index in [-0.39, 0.29) is 6.42 Å². The average Bonchev–Trinajstić information content (AvgIpc) is 2.28. The Hall–Kier alpha value is -1.06. The van der Waals surface area contributed by atoms with Gasteiger partial charge in [-0.2, -0.15) is 0 Å². The largest absolute Gasteiger partial charge is 0.481 e. The van der Waals surface area contributed by atoms with Gasteiger partial charge in [0, 0.05) is 0 Å². The van der Waals surface area contributed by atoms with Crippen molar-refractivity contribution in [3.05, 3.63) is 0 Å². The van der Waals surface area contributed by atoms with Gasteiger partial charge in [-0.05, 0) is 31.1 Å². The van der Waals surface area contributed by atoms with Gasteiger partial charge in [0.2, 0.25) is 0 Å². The Kier molecular flexibility index (Phi) is 5.66. The van der Waals surface area contributed by atoms with E-state index in [9.17, 15) is 14.7 Å². The summed E-state index contributed by atoms with van der Waals surface area (Å²) in [6.07, 6.45) is 2.00. The van der Waals surface area contributed by atoms with E-state index in [2.05, 4.69) is 0 Å². The monoisotopic (exact) mass is 244 g/mol.